The predicted octanol–water partition coefficient (Wildman–Crippen LogP) is -0.448. The maximum atomic E-state index is 12.1. The van der Waals surface area contributed by atoms with E-state index >= 15 is 0 Å². The van der Waals surface area contributed by atoms with Crippen molar-refractivity contribution in [3.05, 3.63) is 22.2 Å². The van der Waals surface area contributed by atoms with Gasteiger partial charge in [-0.1, -0.05) is 0 Å². The summed E-state index contributed by atoms with van der Waals surface area (Å²) in [4.78, 5) is 51.2. The minimum atomic E-state index is -5.66. The number of aromatic nitrogens is 2. The lowest BCUT2D eigenvalue weighted by atomic mass is 10.2. The highest BCUT2D eigenvalue weighted by Crippen LogP contribution is 2.66. The van der Waals surface area contributed by atoms with E-state index in [2.05, 4.69) is 18.1 Å². The summed E-state index contributed by atoms with van der Waals surface area (Å²) < 4.78 is 56.6. The molecule has 1 aromatic rings. The first-order valence-corrected chi connectivity index (χ1v) is 12.4. The largest absolute Gasteiger partial charge is 0.490 e. The van der Waals surface area contributed by atoms with Gasteiger partial charge >= 0.3 is 29.2 Å². The van der Waals surface area contributed by atoms with Crippen molar-refractivity contribution < 1.29 is 61.0 Å². The van der Waals surface area contributed by atoms with Gasteiger partial charge in [0.15, 0.2) is 0 Å². The molecule has 2 rings (SSSR count). The molecule has 5 atom stereocenters. The van der Waals surface area contributed by atoms with Crippen molar-refractivity contribution in [3.63, 3.8) is 0 Å². The first kappa shape index (κ1) is 25.3. The molecule has 0 amide bonds. The topological polar surface area (TPSA) is 233 Å². The van der Waals surface area contributed by atoms with Crippen LogP contribution in [0.25, 0.3) is 0 Å². The van der Waals surface area contributed by atoms with E-state index in [0.29, 0.717) is 5.56 Å². The van der Waals surface area contributed by atoms with Gasteiger partial charge in [-0.05, 0) is 6.92 Å². The highest BCUT2D eigenvalue weighted by Gasteiger charge is 2.43. The molecule has 0 radical (unpaired) electrons. The molecule has 172 valence electrons. The van der Waals surface area contributed by atoms with Crippen LogP contribution in [0.3, 0.4) is 0 Å². The summed E-state index contributed by atoms with van der Waals surface area (Å²) in [7, 11) is -15.2. The molecule has 19 heteroatoms. The number of aryl methyl sites for hydroxylation is 1. The summed E-state index contributed by atoms with van der Waals surface area (Å²) in [5.41, 5.74) is -0.255. The van der Waals surface area contributed by atoms with E-state index < -0.39 is 54.2 Å². The smallest absolute Gasteiger partial charge is 0.481 e. The molecule has 1 aromatic heterocycles. The van der Waals surface area contributed by atoms with Gasteiger partial charge in [-0.15, -0.1) is 0 Å². The Morgan fingerprint density at radius 2 is 1.83 bits per heavy atom. The molecule has 5 N–H and O–H groups in total. The molecule has 1 saturated heterocycles. The van der Waals surface area contributed by atoms with Crippen LogP contribution in [0.15, 0.2) is 11.0 Å². The Labute approximate surface area is 168 Å². The van der Waals surface area contributed by atoms with E-state index in [-0.39, 0.29) is 12.3 Å². The third-order valence-electron chi connectivity index (χ3n) is 3.61. The van der Waals surface area contributed by atoms with Crippen LogP contribution in [-0.2, 0) is 31.6 Å². The van der Waals surface area contributed by atoms with Crippen LogP contribution in [0.1, 0.15) is 18.2 Å². The van der Waals surface area contributed by atoms with Crippen molar-refractivity contribution in [2.45, 2.75) is 31.8 Å². The summed E-state index contributed by atoms with van der Waals surface area (Å²) in [6.45, 7) is 0.763. The molecule has 2 unspecified atom stereocenters. The van der Waals surface area contributed by atoms with Gasteiger partial charge in [-0.2, -0.15) is 13.6 Å². The number of rotatable bonds is 9. The van der Waals surface area contributed by atoms with Crippen molar-refractivity contribution in [3.8, 4) is 5.88 Å². The number of methoxy groups -OCH3 is 1. The molecule has 0 bridgehead atoms. The van der Waals surface area contributed by atoms with Crippen molar-refractivity contribution in [1.82, 2.24) is 9.55 Å². The van der Waals surface area contributed by atoms with Gasteiger partial charge in [-0.3, -0.25) is 9.09 Å². The molecule has 1 aliphatic rings. The van der Waals surface area contributed by atoms with Gasteiger partial charge in [0.05, 0.1) is 19.8 Å². The predicted molar refractivity (Wildman–Crippen MR) is 94.1 cm³/mol. The molecule has 0 aromatic carbocycles. The van der Waals surface area contributed by atoms with E-state index in [0.717, 1.165) is 4.57 Å². The highest BCUT2D eigenvalue weighted by molar-refractivity contribution is 7.66. The SMILES string of the molecule is COc1nc(=O)n([C@@H]2C[C@H](O)[C@@H](COP(=O)(O)OP(=O)(O)OP(=O)(O)O)O2)cc1C. The molecule has 1 aliphatic heterocycles. The average molecular weight is 496 g/mol. The number of phosphoric acid groups is 3. The van der Waals surface area contributed by atoms with Gasteiger partial charge < -0.3 is 34.2 Å². The zero-order valence-corrected chi connectivity index (χ0v) is 18.1. The maximum Gasteiger partial charge on any atom is 0.490 e. The van der Waals surface area contributed by atoms with Crippen LogP contribution in [0.4, 0.5) is 0 Å². The fraction of sp³-hybridized carbons (Fsp3) is 0.636. The Morgan fingerprint density at radius 3 is 2.40 bits per heavy atom. The number of aliphatic hydroxyl groups is 1. The van der Waals surface area contributed by atoms with Gasteiger partial charge in [0, 0.05) is 18.2 Å². The monoisotopic (exact) mass is 496 g/mol. The number of hydrogen-bond acceptors (Lipinski definition) is 11. The Balaban J connectivity index is 2.03. The van der Waals surface area contributed by atoms with Crippen LogP contribution >= 0.6 is 23.5 Å². The number of ether oxygens (including phenoxy) is 2. The molecular weight excluding hydrogens is 477 g/mol. The van der Waals surface area contributed by atoms with Gasteiger partial charge in [0.25, 0.3) is 0 Å². The summed E-state index contributed by atoms with van der Waals surface area (Å²) >= 11 is 0. The summed E-state index contributed by atoms with van der Waals surface area (Å²) in [5, 5.41) is 10.1. The third-order valence-corrected chi connectivity index (χ3v) is 7.42. The lowest BCUT2D eigenvalue weighted by Crippen LogP contribution is -2.28. The summed E-state index contributed by atoms with van der Waals surface area (Å²) in [6, 6.07) is 0. The minimum absolute atomic E-state index is 0.0963. The van der Waals surface area contributed by atoms with E-state index in [1.165, 1.54) is 13.3 Å². The molecule has 30 heavy (non-hydrogen) atoms. The zero-order valence-electron chi connectivity index (χ0n) is 15.4. The molecule has 0 spiro atoms. The molecular formula is C11H19N2O14P3. The molecule has 0 aliphatic carbocycles. The first-order chi connectivity index (χ1) is 13.6. The number of aliphatic hydroxyl groups excluding tert-OH is 1. The Bertz CT molecular complexity index is 974. The highest BCUT2D eigenvalue weighted by atomic mass is 31.3. The van der Waals surface area contributed by atoms with E-state index in [1.54, 1.807) is 6.92 Å². The number of nitrogens with zero attached hydrogens (tertiary/aromatic N) is 2. The lowest BCUT2D eigenvalue weighted by Gasteiger charge is -2.19. The first-order valence-electron chi connectivity index (χ1n) is 7.88. The fourth-order valence-electron chi connectivity index (χ4n) is 2.47. The van der Waals surface area contributed by atoms with Crippen LogP contribution < -0.4 is 10.4 Å². The third kappa shape index (κ3) is 7.02. The van der Waals surface area contributed by atoms with Gasteiger partial charge in [0.2, 0.25) is 5.88 Å². The lowest BCUT2D eigenvalue weighted by molar-refractivity contribution is -0.0451. The number of hydrogen-bond donors (Lipinski definition) is 5. The van der Waals surface area contributed by atoms with Crippen molar-refractivity contribution in [1.29, 1.82) is 0 Å². The second-order valence-corrected chi connectivity index (χ2v) is 10.4. The van der Waals surface area contributed by atoms with Crippen molar-refractivity contribution in [2.75, 3.05) is 13.7 Å². The second-order valence-electron chi connectivity index (χ2n) is 5.94. The van der Waals surface area contributed by atoms with Crippen LogP contribution in [0.5, 0.6) is 5.88 Å². The maximum absolute atomic E-state index is 12.1. The minimum Gasteiger partial charge on any atom is -0.481 e. The van der Waals surface area contributed by atoms with E-state index in [9.17, 15) is 28.5 Å². The summed E-state index contributed by atoms with van der Waals surface area (Å²) in [5.74, 6) is 0.0963. The second kappa shape index (κ2) is 9.25. The van der Waals surface area contributed by atoms with Crippen LogP contribution in [-0.4, -0.2) is 60.2 Å². The number of phosphoric ester groups is 1. The summed E-state index contributed by atoms with van der Waals surface area (Å²) in [6.07, 6.45) is -2.32. The van der Waals surface area contributed by atoms with Crippen LogP contribution in [0, 0.1) is 6.92 Å². The van der Waals surface area contributed by atoms with E-state index in [4.69, 9.17) is 24.2 Å². The Morgan fingerprint density at radius 1 is 1.20 bits per heavy atom. The quantitative estimate of drug-likeness (QED) is 0.272. The van der Waals surface area contributed by atoms with Gasteiger partial charge in [-0.25, -0.2) is 18.5 Å². The Kier molecular flexibility index (Phi) is 7.79. The Hall–Kier alpha value is -0.990. The molecule has 1 fully saturated rings. The standard InChI is InChI=1S/C11H19N2O14P3/c1-6-4-13(11(15)12-10(6)23-2)9-3-7(14)8(25-9)5-24-29(19,20)27-30(21,22)26-28(16,17)18/h4,7-9,14H,3,5H2,1-2H3,(H,19,20)(H,21,22)(H2,16,17,18)/t7-,8+,9-/m0/s1. The zero-order chi connectivity index (χ0) is 22.9. The molecule has 0 saturated carbocycles. The molecule has 16 nitrogen and oxygen atoms in total. The van der Waals surface area contributed by atoms with Gasteiger partial charge in [0.1, 0.15) is 12.3 Å². The van der Waals surface area contributed by atoms with Crippen molar-refractivity contribution >= 4 is 23.5 Å². The average Bonchev–Trinajstić information content (AvgIpc) is 2.92. The van der Waals surface area contributed by atoms with E-state index in [1.807, 2.05) is 0 Å². The fourth-order valence-corrected chi connectivity index (χ4v) is 5.50. The van der Waals surface area contributed by atoms with Crippen molar-refractivity contribution in [2.24, 2.45) is 0 Å². The molecule has 2 heterocycles. The van der Waals surface area contributed by atoms with Crippen LogP contribution in [0.2, 0.25) is 0 Å². The normalized spacial score (nSPS) is 26.2.